The standard InChI is InChI=1S/C21H23N3.C2H6/c1-15-3-8-20(23)13-21(15)16(2)24-11-9-19(10-12-24)18-6-4-17(14-22)5-7-18;1-2/h3-8,13,19H,2,9-12,23H2,1H3;1-2H3. The molecule has 1 heterocycles. The first-order chi connectivity index (χ1) is 12.6. The molecule has 3 nitrogen and oxygen atoms in total. The Morgan fingerprint density at radius 3 is 2.31 bits per heavy atom. The Hall–Kier alpha value is -2.73. The summed E-state index contributed by atoms with van der Waals surface area (Å²) in [5.74, 6) is 0.559. The molecular weight excluding hydrogens is 318 g/mol. The highest BCUT2D eigenvalue weighted by Gasteiger charge is 2.22. The molecule has 1 aliphatic rings. The molecule has 1 saturated heterocycles. The largest absolute Gasteiger partial charge is 0.399 e. The van der Waals surface area contributed by atoms with Crippen LogP contribution in [0.25, 0.3) is 5.70 Å². The Balaban J connectivity index is 0.00000117. The van der Waals surface area contributed by atoms with Crippen molar-refractivity contribution in [1.82, 2.24) is 4.90 Å². The molecule has 1 fully saturated rings. The van der Waals surface area contributed by atoms with Gasteiger partial charge in [0.2, 0.25) is 0 Å². The van der Waals surface area contributed by atoms with E-state index in [0.717, 1.165) is 48.4 Å². The Morgan fingerprint density at radius 1 is 1.12 bits per heavy atom. The van der Waals surface area contributed by atoms with Gasteiger partial charge in [-0.15, -0.1) is 0 Å². The Kier molecular flexibility index (Phi) is 6.86. The summed E-state index contributed by atoms with van der Waals surface area (Å²) in [6, 6.07) is 16.2. The van der Waals surface area contributed by atoms with Crippen LogP contribution in [0.2, 0.25) is 0 Å². The van der Waals surface area contributed by atoms with Crippen molar-refractivity contribution >= 4 is 11.4 Å². The molecule has 2 aromatic carbocycles. The second-order valence-corrected chi connectivity index (χ2v) is 6.52. The lowest BCUT2D eigenvalue weighted by atomic mass is 9.88. The number of hydrogen-bond donors (Lipinski definition) is 1. The summed E-state index contributed by atoms with van der Waals surface area (Å²) in [5.41, 5.74) is 12.2. The van der Waals surface area contributed by atoms with Crippen LogP contribution in [0, 0.1) is 18.3 Å². The van der Waals surface area contributed by atoms with Crippen LogP contribution in [-0.2, 0) is 0 Å². The van der Waals surface area contributed by atoms with Crippen LogP contribution in [0.5, 0.6) is 0 Å². The second kappa shape index (κ2) is 9.10. The van der Waals surface area contributed by atoms with Gasteiger partial charge in [-0.25, -0.2) is 0 Å². The minimum Gasteiger partial charge on any atom is -0.399 e. The van der Waals surface area contributed by atoms with E-state index in [1.54, 1.807) is 0 Å². The molecule has 2 N–H and O–H groups in total. The first kappa shape index (κ1) is 19.6. The minimum absolute atomic E-state index is 0.559. The molecule has 0 bridgehead atoms. The van der Waals surface area contributed by atoms with Gasteiger partial charge in [-0.3, -0.25) is 0 Å². The smallest absolute Gasteiger partial charge is 0.0991 e. The molecule has 0 atom stereocenters. The van der Waals surface area contributed by atoms with Gasteiger partial charge < -0.3 is 10.6 Å². The maximum absolute atomic E-state index is 8.91. The number of nitrogens with two attached hydrogens (primary N) is 1. The summed E-state index contributed by atoms with van der Waals surface area (Å²) in [4.78, 5) is 2.36. The Morgan fingerprint density at radius 2 is 1.73 bits per heavy atom. The van der Waals surface area contributed by atoms with Crippen LogP contribution >= 0.6 is 0 Å². The average Bonchev–Trinajstić information content (AvgIpc) is 2.71. The van der Waals surface area contributed by atoms with E-state index in [1.165, 1.54) is 11.1 Å². The molecule has 3 heteroatoms. The predicted octanol–water partition coefficient (Wildman–Crippen LogP) is 5.33. The number of likely N-dealkylation sites (tertiary alicyclic amines) is 1. The number of nitrogen functional groups attached to an aromatic ring is 1. The number of nitrogens with zero attached hydrogens (tertiary/aromatic N) is 2. The third-order valence-electron chi connectivity index (χ3n) is 4.96. The van der Waals surface area contributed by atoms with Gasteiger partial charge in [0.05, 0.1) is 11.6 Å². The summed E-state index contributed by atoms with van der Waals surface area (Å²) in [6.07, 6.45) is 2.21. The normalized spacial score (nSPS) is 14.2. The van der Waals surface area contributed by atoms with Gasteiger partial charge in [-0.2, -0.15) is 5.26 Å². The highest BCUT2D eigenvalue weighted by molar-refractivity contribution is 5.68. The van der Waals surface area contributed by atoms with E-state index in [4.69, 9.17) is 11.0 Å². The van der Waals surface area contributed by atoms with Crippen LogP contribution in [0.4, 0.5) is 5.69 Å². The Bertz CT molecular complexity index is 776. The van der Waals surface area contributed by atoms with Crippen molar-refractivity contribution in [2.24, 2.45) is 0 Å². The molecule has 0 unspecified atom stereocenters. The van der Waals surface area contributed by atoms with E-state index in [2.05, 4.69) is 42.7 Å². The summed E-state index contributed by atoms with van der Waals surface area (Å²) >= 11 is 0. The van der Waals surface area contributed by atoms with Crippen molar-refractivity contribution in [3.05, 3.63) is 71.3 Å². The fourth-order valence-corrected chi connectivity index (χ4v) is 3.43. The van der Waals surface area contributed by atoms with E-state index >= 15 is 0 Å². The number of benzene rings is 2. The number of piperidine rings is 1. The van der Waals surface area contributed by atoms with Gasteiger partial charge in [0, 0.05) is 30.0 Å². The quantitative estimate of drug-likeness (QED) is 0.764. The first-order valence-electron chi connectivity index (χ1n) is 9.39. The van der Waals surface area contributed by atoms with Crippen LogP contribution in [0.3, 0.4) is 0 Å². The van der Waals surface area contributed by atoms with Crippen LogP contribution in [-0.4, -0.2) is 18.0 Å². The lowest BCUT2D eigenvalue weighted by Crippen LogP contribution is -2.31. The van der Waals surface area contributed by atoms with Gasteiger partial charge in [0.15, 0.2) is 0 Å². The Labute approximate surface area is 157 Å². The first-order valence-corrected chi connectivity index (χ1v) is 9.39. The zero-order chi connectivity index (χ0) is 19.1. The lowest BCUT2D eigenvalue weighted by Gasteiger charge is -2.35. The molecule has 0 spiro atoms. The number of anilines is 1. The molecule has 136 valence electrons. The van der Waals surface area contributed by atoms with E-state index in [1.807, 2.05) is 38.1 Å². The molecule has 26 heavy (non-hydrogen) atoms. The number of hydrogen-bond acceptors (Lipinski definition) is 3. The molecule has 0 radical (unpaired) electrons. The van der Waals surface area contributed by atoms with Crippen LogP contribution < -0.4 is 5.73 Å². The fraction of sp³-hybridized carbons (Fsp3) is 0.348. The zero-order valence-electron chi connectivity index (χ0n) is 16.1. The summed E-state index contributed by atoms with van der Waals surface area (Å²) in [5, 5.41) is 8.91. The average molecular weight is 348 g/mol. The van der Waals surface area contributed by atoms with Gasteiger partial charge >= 0.3 is 0 Å². The molecular formula is C23H29N3. The van der Waals surface area contributed by atoms with Crippen LogP contribution in [0.15, 0.2) is 49.0 Å². The van der Waals surface area contributed by atoms with Gasteiger partial charge in [0.25, 0.3) is 0 Å². The molecule has 1 aliphatic heterocycles. The highest BCUT2D eigenvalue weighted by Crippen LogP contribution is 2.32. The van der Waals surface area contributed by atoms with Gasteiger partial charge in [0.1, 0.15) is 0 Å². The van der Waals surface area contributed by atoms with Crippen LogP contribution in [0.1, 0.15) is 54.9 Å². The van der Waals surface area contributed by atoms with Crippen molar-refractivity contribution in [3.8, 4) is 6.07 Å². The van der Waals surface area contributed by atoms with E-state index in [0.29, 0.717) is 5.92 Å². The van der Waals surface area contributed by atoms with E-state index < -0.39 is 0 Å². The zero-order valence-corrected chi connectivity index (χ0v) is 16.1. The second-order valence-electron chi connectivity index (χ2n) is 6.52. The summed E-state index contributed by atoms with van der Waals surface area (Å²) in [7, 11) is 0. The minimum atomic E-state index is 0.559. The van der Waals surface area contributed by atoms with Gasteiger partial charge in [-0.05, 0) is 61.1 Å². The third kappa shape index (κ3) is 4.46. The van der Waals surface area contributed by atoms with Gasteiger partial charge in [-0.1, -0.05) is 38.6 Å². The third-order valence-corrected chi connectivity index (χ3v) is 4.96. The molecule has 0 aromatic heterocycles. The molecule has 0 saturated carbocycles. The number of rotatable bonds is 3. The summed E-state index contributed by atoms with van der Waals surface area (Å²) in [6.45, 7) is 12.4. The summed E-state index contributed by atoms with van der Waals surface area (Å²) < 4.78 is 0. The monoisotopic (exact) mass is 347 g/mol. The van der Waals surface area contributed by atoms with Crippen molar-refractivity contribution < 1.29 is 0 Å². The molecule has 0 aliphatic carbocycles. The maximum atomic E-state index is 8.91. The SMILES string of the molecule is C=C(c1cc(N)ccc1C)N1CCC(c2ccc(C#N)cc2)CC1.CC. The van der Waals surface area contributed by atoms with Crippen molar-refractivity contribution in [2.75, 3.05) is 18.8 Å². The van der Waals surface area contributed by atoms with E-state index in [-0.39, 0.29) is 0 Å². The lowest BCUT2D eigenvalue weighted by molar-refractivity contribution is 0.299. The van der Waals surface area contributed by atoms with E-state index in [9.17, 15) is 0 Å². The number of aryl methyl sites for hydroxylation is 1. The molecule has 2 aromatic rings. The van der Waals surface area contributed by atoms with Crippen molar-refractivity contribution in [3.63, 3.8) is 0 Å². The fourth-order valence-electron chi connectivity index (χ4n) is 3.43. The topological polar surface area (TPSA) is 53.0 Å². The van der Waals surface area contributed by atoms with Crippen molar-refractivity contribution in [1.29, 1.82) is 5.26 Å². The highest BCUT2D eigenvalue weighted by atomic mass is 15.1. The van der Waals surface area contributed by atoms with Crippen molar-refractivity contribution in [2.45, 2.75) is 39.5 Å². The predicted molar refractivity (Wildman–Crippen MR) is 111 cm³/mol. The number of nitriles is 1. The maximum Gasteiger partial charge on any atom is 0.0991 e. The molecule has 3 rings (SSSR count). The molecule has 0 amide bonds.